The van der Waals surface area contributed by atoms with Crippen LogP contribution in [0.1, 0.15) is 51.2 Å². The van der Waals surface area contributed by atoms with Crippen molar-refractivity contribution >= 4 is 17.6 Å². The largest absolute Gasteiger partial charge is 0.370 e. The standard InChI is InChI=1S/C14H25N3S/c1-6-8-15-14-11(5)12(7-2)16-13(17-14)9-18-10(3)4/h10H,6-9H2,1-5H3,(H,15,16,17). The van der Waals surface area contributed by atoms with Crippen LogP contribution in [0.3, 0.4) is 0 Å². The third kappa shape index (κ3) is 4.48. The Morgan fingerprint density at radius 2 is 1.94 bits per heavy atom. The molecule has 0 atom stereocenters. The van der Waals surface area contributed by atoms with Gasteiger partial charge >= 0.3 is 0 Å². The Balaban J connectivity index is 2.90. The molecule has 0 bridgehead atoms. The molecule has 0 aliphatic carbocycles. The summed E-state index contributed by atoms with van der Waals surface area (Å²) in [6.07, 6.45) is 2.08. The quantitative estimate of drug-likeness (QED) is 0.815. The van der Waals surface area contributed by atoms with E-state index in [0.717, 1.165) is 36.8 Å². The van der Waals surface area contributed by atoms with Gasteiger partial charge in [-0.05, 0) is 25.0 Å². The maximum absolute atomic E-state index is 4.66. The Hall–Kier alpha value is -0.770. The zero-order chi connectivity index (χ0) is 13.5. The molecule has 0 unspecified atom stereocenters. The van der Waals surface area contributed by atoms with Gasteiger partial charge in [-0.2, -0.15) is 11.8 Å². The number of anilines is 1. The summed E-state index contributed by atoms with van der Waals surface area (Å²) in [6.45, 7) is 11.8. The number of hydrogen-bond acceptors (Lipinski definition) is 4. The van der Waals surface area contributed by atoms with Crippen LogP contribution in [0.15, 0.2) is 0 Å². The van der Waals surface area contributed by atoms with Crippen molar-refractivity contribution in [2.75, 3.05) is 11.9 Å². The van der Waals surface area contributed by atoms with Crippen LogP contribution in [0.2, 0.25) is 0 Å². The highest BCUT2D eigenvalue weighted by Crippen LogP contribution is 2.20. The van der Waals surface area contributed by atoms with Gasteiger partial charge in [-0.25, -0.2) is 9.97 Å². The number of nitrogens with zero attached hydrogens (tertiary/aromatic N) is 2. The minimum absolute atomic E-state index is 0.618. The summed E-state index contributed by atoms with van der Waals surface area (Å²) in [6, 6.07) is 0. The number of aromatic nitrogens is 2. The molecule has 1 heterocycles. The van der Waals surface area contributed by atoms with Gasteiger partial charge in [-0.1, -0.05) is 27.7 Å². The molecule has 1 aromatic rings. The van der Waals surface area contributed by atoms with E-state index >= 15 is 0 Å². The van der Waals surface area contributed by atoms with Crippen LogP contribution in [0, 0.1) is 6.92 Å². The molecule has 0 saturated carbocycles. The van der Waals surface area contributed by atoms with E-state index in [0.29, 0.717) is 5.25 Å². The van der Waals surface area contributed by atoms with Crippen LogP contribution < -0.4 is 5.32 Å². The second kappa shape index (κ2) is 7.62. The first-order valence-corrected chi connectivity index (χ1v) is 7.85. The molecule has 0 aromatic carbocycles. The summed E-state index contributed by atoms with van der Waals surface area (Å²) >= 11 is 1.89. The van der Waals surface area contributed by atoms with E-state index in [1.165, 1.54) is 11.3 Å². The molecule has 102 valence electrons. The highest BCUT2D eigenvalue weighted by atomic mass is 32.2. The highest BCUT2D eigenvalue weighted by Gasteiger charge is 2.09. The molecule has 0 amide bonds. The molecule has 1 aromatic heterocycles. The van der Waals surface area contributed by atoms with Gasteiger partial charge in [0.15, 0.2) is 0 Å². The van der Waals surface area contributed by atoms with Gasteiger partial charge in [0.25, 0.3) is 0 Å². The van der Waals surface area contributed by atoms with Crippen molar-refractivity contribution < 1.29 is 0 Å². The van der Waals surface area contributed by atoms with Crippen molar-refractivity contribution in [1.82, 2.24) is 9.97 Å². The molecule has 0 aliphatic rings. The van der Waals surface area contributed by atoms with Crippen molar-refractivity contribution in [3.05, 3.63) is 17.1 Å². The summed E-state index contributed by atoms with van der Waals surface area (Å²) in [4.78, 5) is 9.31. The first-order chi connectivity index (χ1) is 8.58. The molecule has 0 fully saturated rings. The first-order valence-electron chi connectivity index (χ1n) is 6.80. The summed E-state index contributed by atoms with van der Waals surface area (Å²) in [5, 5.41) is 4.02. The predicted molar refractivity (Wildman–Crippen MR) is 81.4 cm³/mol. The lowest BCUT2D eigenvalue weighted by molar-refractivity contribution is 0.897. The number of nitrogens with one attached hydrogen (secondary N) is 1. The number of aryl methyl sites for hydroxylation is 1. The molecule has 4 heteroatoms. The van der Waals surface area contributed by atoms with Crippen LogP contribution in [0.5, 0.6) is 0 Å². The fourth-order valence-electron chi connectivity index (χ4n) is 1.68. The van der Waals surface area contributed by atoms with Crippen molar-refractivity contribution in [2.45, 2.75) is 58.5 Å². The second-order valence-corrected chi connectivity index (χ2v) is 6.27. The third-order valence-electron chi connectivity index (χ3n) is 2.72. The fraction of sp³-hybridized carbons (Fsp3) is 0.714. The SMILES string of the molecule is CCCNc1nc(CSC(C)C)nc(CC)c1C. The third-order valence-corrected chi connectivity index (χ3v) is 3.81. The van der Waals surface area contributed by atoms with E-state index in [-0.39, 0.29) is 0 Å². The second-order valence-electron chi connectivity index (χ2n) is 4.70. The fourth-order valence-corrected chi connectivity index (χ4v) is 2.29. The highest BCUT2D eigenvalue weighted by molar-refractivity contribution is 7.99. The zero-order valence-corrected chi connectivity index (χ0v) is 13.0. The molecular weight excluding hydrogens is 242 g/mol. The number of hydrogen-bond donors (Lipinski definition) is 1. The average Bonchev–Trinajstić information content (AvgIpc) is 2.35. The van der Waals surface area contributed by atoms with Crippen LogP contribution in [0.25, 0.3) is 0 Å². The molecular formula is C14H25N3S. The lowest BCUT2D eigenvalue weighted by Crippen LogP contribution is -2.10. The van der Waals surface area contributed by atoms with Gasteiger partial charge in [-0.15, -0.1) is 0 Å². The summed E-state index contributed by atoms with van der Waals surface area (Å²) < 4.78 is 0. The van der Waals surface area contributed by atoms with Crippen molar-refractivity contribution in [3.63, 3.8) is 0 Å². The van der Waals surface area contributed by atoms with Crippen molar-refractivity contribution in [3.8, 4) is 0 Å². The predicted octanol–water partition coefficient (Wildman–Crippen LogP) is 3.81. The van der Waals surface area contributed by atoms with Crippen LogP contribution in [-0.2, 0) is 12.2 Å². The van der Waals surface area contributed by atoms with E-state index in [1.807, 2.05) is 11.8 Å². The van der Waals surface area contributed by atoms with Gasteiger partial charge < -0.3 is 5.32 Å². The van der Waals surface area contributed by atoms with E-state index < -0.39 is 0 Å². The normalized spacial score (nSPS) is 11.0. The van der Waals surface area contributed by atoms with E-state index in [1.54, 1.807) is 0 Å². The van der Waals surface area contributed by atoms with Crippen LogP contribution in [-0.4, -0.2) is 21.8 Å². The number of rotatable bonds is 7. The number of thioether (sulfide) groups is 1. The molecule has 0 spiro atoms. The molecule has 3 nitrogen and oxygen atoms in total. The monoisotopic (exact) mass is 267 g/mol. The van der Waals surface area contributed by atoms with E-state index in [9.17, 15) is 0 Å². The van der Waals surface area contributed by atoms with Crippen molar-refractivity contribution in [1.29, 1.82) is 0 Å². The van der Waals surface area contributed by atoms with E-state index in [2.05, 4.69) is 49.9 Å². The Labute approximate surface area is 115 Å². The molecule has 18 heavy (non-hydrogen) atoms. The molecule has 0 saturated heterocycles. The Morgan fingerprint density at radius 1 is 1.22 bits per heavy atom. The van der Waals surface area contributed by atoms with Gasteiger partial charge in [-0.3, -0.25) is 0 Å². The molecule has 1 rings (SSSR count). The lowest BCUT2D eigenvalue weighted by atomic mass is 10.2. The first kappa shape index (κ1) is 15.3. The molecule has 1 N–H and O–H groups in total. The van der Waals surface area contributed by atoms with E-state index in [4.69, 9.17) is 0 Å². The van der Waals surface area contributed by atoms with Gasteiger partial charge in [0.05, 0.1) is 5.75 Å². The van der Waals surface area contributed by atoms with Gasteiger partial charge in [0.2, 0.25) is 0 Å². The Morgan fingerprint density at radius 3 is 2.50 bits per heavy atom. The Bertz CT molecular complexity index is 378. The smallest absolute Gasteiger partial charge is 0.140 e. The van der Waals surface area contributed by atoms with Crippen molar-refractivity contribution in [2.24, 2.45) is 0 Å². The molecule has 0 aliphatic heterocycles. The zero-order valence-electron chi connectivity index (χ0n) is 12.2. The maximum Gasteiger partial charge on any atom is 0.140 e. The topological polar surface area (TPSA) is 37.8 Å². The summed E-state index contributed by atoms with van der Waals surface area (Å²) in [5.74, 6) is 2.86. The minimum Gasteiger partial charge on any atom is -0.370 e. The van der Waals surface area contributed by atoms with Gasteiger partial charge in [0, 0.05) is 17.8 Å². The average molecular weight is 267 g/mol. The van der Waals surface area contributed by atoms with Gasteiger partial charge in [0.1, 0.15) is 11.6 Å². The van der Waals surface area contributed by atoms with Crippen LogP contribution >= 0.6 is 11.8 Å². The maximum atomic E-state index is 4.66. The molecule has 0 radical (unpaired) electrons. The summed E-state index contributed by atoms with van der Waals surface area (Å²) in [5.41, 5.74) is 2.37. The lowest BCUT2D eigenvalue weighted by Gasteiger charge is -2.13. The summed E-state index contributed by atoms with van der Waals surface area (Å²) in [7, 11) is 0. The minimum atomic E-state index is 0.618. The van der Waals surface area contributed by atoms with Crippen LogP contribution in [0.4, 0.5) is 5.82 Å². The Kier molecular flexibility index (Phi) is 6.47.